The average Bonchev–Trinajstić information content (AvgIpc) is 3.08. The largest absolute Gasteiger partial charge is 0.493 e. The summed E-state index contributed by atoms with van der Waals surface area (Å²) in [7, 11) is 0. The second kappa shape index (κ2) is 32.5. The molecule has 0 bridgehead atoms. The fourth-order valence-corrected chi connectivity index (χ4v) is 6.21. The van der Waals surface area contributed by atoms with E-state index in [2.05, 4.69) is 31.4 Å². The molecular weight excluding hydrogens is 580 g/mol. The molecule has 0 fully saturated rings. The molecule has 5 nitrogen and oxygen atoms in total. The highest BCUT2D eigenvalue weighted by Gasteiger charge is 2.16. The Kier molecular flexibility index (Phi) is 29.7. The molecule has 0 heterocycles. The average molecular weight is 657 g/mol. The Labute approximate surface area is 291 Å². The Morgan fingerprint density at radius 2 is 0.830 bits per heavy atom. The van der Waals surface area contributed by atoms with Crippen LogP contribution in [-0.2, 0) is 0 Å². The van der Waals surface area contributed by atoms with Crippen molar-refractivity contribution in [2.24, 2.45) is 0 Å². The molecule has 0 unspecified atom stereocenters. The normalized spacial score (nSPS) is 11.1. The number of carbonyl (C=O) groups excluding carboxylic acids is 2. The summed E-state index contributed by atoms with van der Waals surface area (Å²) >= 11 is 0. The van der Waals surface area contributed by atoms with Crippen LogP contribution in [0.1, 0.15) is 221 Å². The summed E-state index contributed by atoms with van der Waals surface area (Å²) in [6.45, 7) is 8.70. The van der Waals surface area contributed by atoms with E-state index in [0.717, 1.165) is 38.5 Å². The summed E-state index contributed by atoms with van der Waals surface area (Å²) in [6.07, 6.45) is 35.4. The van der Waals surface area contributed by atoms with Crippen molar-refractivity contribution in [3.05, 3.63) is 29.3 Å². The van der Waals surface area contributed by atoms with Crippen molar-refractivity contribution in [2.75, 3.05) is 19.7 Å². The first-order valence-electron chi connectivity index (χ1n) is 20.5. The topological polar surface area (TPSA) is 67.4 Å². The van der Waals surface area contributed by atoms with Crippen molar-refractivity contribution in [1.82, 2.24) is 10.6 Å². The van der Waals surface area contributed by atoms with Crippen molar-refractivity contribution in [2.45, 2.75) is 201 Å². The number of ether oxygens (including phenoxy) is 1. The van der Waals surface area contributed by atoms with Gasteiger partial charge >= 0.3 is 0 Å². The highest BCUT2D eigenvalue weighted by Crippen LogP contribution is 2.22. The predicted octanol–water partition coefficient (Wildman–Crippen LogP) is 12.5. The lowest BCUT2D eigenvalue weighted by atomic mass is 10.1. The molecule has 47 heavy (non-hydrogen) atoms. The third-order valence-electron chi connectivity index (χ3n) is 9.38. The number of carbonyl (C=O) groups is 2. The molecule has 1 aromatic carbocycles. The summed E-state index contributed by atoms with van der Waals surface area (Å²) in [5, 5.41) is 6.18. The first kappa shape index (κ1) is 43.0. The molecule has 0 aromatic heterocycles. The Morgan fingerprint density at radius 1 is 0.468 bits per heavy atom. The van der Waals surface area contributed by atoms with Gasteiger partial charge in [0, 0.05) is 18.7 Å². The molecule has 0 aliphatic heterocycles. The van der Waals surface area contributed by atoms with Gasteiger partial charge in [-0.05, 0) is 37.5 Å². The second-order valence-corrected chi connectivity index (χ2v) is 13.9. The number of unbranched alkanes of at least 4 members (excludes halogenated alkanes) is 25. The van der Waals surface area contributed by atoms with Crippen LogP contribution in [0, 0.1) is 0 Å². The summed E-state index contributed by atoms with van der Waals surface area (Å²) in [4.78, 5) is 26.1. The first-order chi connectivity index (χ1) is 23.1. The van der Waals surface area contributed by atoms with E-state index in [-0.39, 0.29) is 11.8 Å². The number of benzene rings is 1. The smallest absolute Gasteiger partial charge is 0.255 e. The maximum Gasteiger partial charge on any atom is 0.255 e. The fraction of sp³-hybridized carbons (Fsp3) is 0.810. The van der Waals surface area contributed by atoms with E-state index in [1.165, 1.54) is 141 Å². The lowest BCUT2D eigenvalue weighted by Gasteiger charge is -2.14. The number of hydrogen-bond donors (Lipinski definition) is 2. The molecule has 272 valence electrons. The van der Waals surface area contributed by atoms with E-state index < -0.39 is 0 Å². The van der Waals surface area contributed by atoms with Gasteiger partial charge < -0.3 is 15.4 Å². The number of rotatable bonds is 34. The standard InChI is InChI=1S/C42H76N2O3/c1-4-7-10-13-16-19-20-21-22-25-28-31-36-47-40-37-38(41(45)43-34-29-26-23-17-14-11-8-5-2)32-33-39(40)42(46)44-35-30-27-24-18-15-12-9-6-3/h32-33,37H,4-31,34-36H2,1-3H3,(H,43,45)(H,44,46). The zero-order valence-electron chi connectivity index (χ0n) is 31.4. The number of nitrogens with one attached hydrogen (secondary N) is 2. The monoisotopic (exact) mass is 657 g/mol. The summed E-state index contributed by atoms with van der Waals surface area (Å²) in [5.74, 6) is 0.332. The lowest BCUT2D eigenvalue weighted by molar-refractivity contribution is 0.0937. The maximum absolute atomic E-state index is 13.2. The minimum atomic E-state index is -0.108. The van der Waals surface area contributed by atoms with Crippen molar-refractivity contribution in [1.29, 1.82) is 0 Å². The van der Waals surface area contributed by atoms with E-state index in [0.29, 0.717) is 36.6 Å². The molecule has 2 N–H and O–H groups in total. The van der Waals surface area contributed by atoms with Crippen LogP contribution in [-0.4, -0.2) is 31.5 Å². The summed E-state index contributed by atoms with van der Waals surface area (Å²) in [6, 6.07) is 5.31. The van der Waals surface area contributed by atoms with Crippen LogP contribution in [0.5, 0.6) is 5.75 Å². The van der Waals surface area contributed by atoms with Gasteiger partial charge in [0.1, 0.15) is 5.75 Å². The lowest BCUT2D eigenvalue weighted by Crippen LogP contribution is -2.26. The zero-order valence-corrected chi connectivity index (χ0v) is 31.4. The second-order valence-electron chi connectivity index (χ2n) is 13.9. The van der Waals surface area contributed by atoms with Gasteiger partial charge in [-0.3, -0.25) is 9.59 Å². The number of hydrogen-bond acceptors (Lipinski definition) is 3. The van der Waals surface area contributed by atoms with Crippen LogP contribution in [0.4, 0.5) is 0 Å². The van der Waals surface area contributed by atoms with E-state index in [1.807, 2.05) is 0 Å². The molecule has 5 heteroatoms. The minimum absolute atomic E-state index is 0.0888. The van der Waals surface area contributed by atoms with E-state index in [9.17, 15) is 9.59 Å². The number of amides is 2. The van der Waals surface area contributed by atoms with Crippen molar-refractivity contribution >= 4 is 11.8 Å². The molecule has 0 aliphatic carbocycles. The third-order valence-corrected chi connectivity index (χ3v) is 9.38. The van der Waals surface area contributed by atoms with Gasteiger partial charge in [0.25, 0.3) is 11.8 Å². The Morgan fingerprint density at radius 3 is 1.26 bits per heavy atom. The summed E-state index contributed by atoms with van der Waals surface area (Å²) < 4.78 is 6.19. The van der Waals surface area contributed by atoms with E-state index in [1.54, 1.807) is 18.2 Å². The van der Waals surface area contributed by atoms with Gasteiger partial charge in [0.15, 0.2) is 0 Å². The van der Waals surface area contributed by atoms with Gasteiger partial charge in [-0.15, -0.1) is 0 Å². The van der Waals surface area contributed by atoms with Crippen molar-refractivity contribution in [3.8, 4) is 5.75 Å². The molecule has 0 saturated heterocycles. The molecular formula is C42H76N2O3. The van der Waals surface area contributed by atoms with Crippen molar-refractivity contribution in [3.63, 3.8) is 0 Å². The predicted molar refractivity (Wildman–Crippen MR) is 203 cm³/mol. The third kappa shape index (κ3) is 24.7. The van der Waals surface area contributed by atoms with Gasteiger partial charge in [-0.25, -0.2) is 0 Å². The van der Waals surface area contributed by atoms with Crippen LogP contribution >= 0.6 is 0 Å². The Hall–Kier alpha value is -2.04. The minimum Gasteiger partial charge on any atom is -0.493 e. The summed E-state index contributed by atoms with van der Waals surface area (Å²) in [5.41, 5.74) is 1.09. The molecule has 2 amide bonds. The van der Waals surface area contributed by atoms with Crippen LogP contribution in [0.25, 0.3) is 0 Å². The molecule has 0 atom stereocenters. The van der Waals surface area contributed by atoms with Crippen LogP contribution in [0.2, 0.25) is 0 Å². The molecule has 0 spiro atoms. The van der Waals surface area contributed by atoms with Crippen LogP contribution in [0.15, 0.2) is 18.2 Å². The molecule has 0 saturated carbocycles. The highest BCUT2D eigenvalue weighted by molar-refractivity contribution is 6.00. The van der Waals surface area contributed by atoms with Crippen molar-refractivity contribution < 1.29 is 14.3 Å². The maximum atomic E-state index is 13.2. The Bertz CT molecular complexity index is 871. The van der Waals surface area contributed by atoms with Gasteiger partial charge in [0.2, 0.25) is 0 Å². The van der Waals surface area contributed by atoms with Gasteiger partial charge in [-0.1, -0.05) is 181 Å². The Balaban J connectivity index is 2.50. The van der Waals surface area contributed by atoms with Crippen LogP contribution in [0.3, 0.4) is 0 Å². The van der Waals surface area contributed by atoms with Gasteiger partial charge in [0.05, 0.1) is 12.2 Å². The quantitative estimate of drug-likeness (QED) is 0.0725. The molecule has 0 aliphatic rings. The zero-order chi connectivity index (χ0) is 34.0. The molecule has 0 radical (unpaired) electrons. The molecule has 1 aromatic rings. The highest BCUT2D eigenvalue weighted by atomic mass is 16.5. The molecule has 1 rings (SSSR count). The van der Waals surface area contributed by atoms with Crippen LogP contribution < -0.4 is 15.4 Å². The first-order valence-corrected chi connectivity index (χ1v) is 20.5. The van der Waals surface area contributed by atoms with E-state index in [4.69, 9.17) is 4.74 Å². The van der Waals surface area contributed by atoms with Gasteiger partial charge in [-0.2, -0.15) is 0 Å². The van der Waals surface area contributed by atoms with E-state index >= 15 is 0 Å². The SMILES string of the molecule is CCCCCCCCCCCCCCOc1cc(C(=O)NCCCCCCCCCC)ccc1C(=O)NCCCCCCCCCC. The fourth-order valence-electron chi connectivity index (χ4n) is 6.21.